The Morgan fingerprint density at radius 3 is 1.68 bits per heavy atom. The molecule has 1 rings (SSSR count). The summed E-state index contributed by atoms with van der Waals surface area (Å²) in [6.45, 7) is -11.2. The van der Waals surface area contributed by atoms with E-state index in [0.717, 1.165) is 5.32 Å². The van der Waals surface area contributed by atoms with Gasteiger partial charge in [-0.1, -0.05) is 6.92 Å². The van der Waals surface area contributed by atoms with Crippen molar-refractivity contribution in [3.8, 4) is 0 Å². The SMILES string of the molecule is CCNCC(F)(F)C(F)(F)C(F)(F)CN1CCCC(C(=O)NCC(F)(F)C(F)(F)C(F)(F)CNCC(F)(F)F)C1. The average Bonchev–Trinajstić information content (AvgIpc) is 2.79. The molecule has 40 heavy (non-hydrogen) atoms. The number of hydrogen-bond donors (Lipinski definition) is 3. The van der Waals surface area contributed by atoms with Crippen LogP contribution in [0.5, 0.6) is 0 Å². The van der Waals surface area contributed by atoms with Crippen LogP contribution in [0.2, 0.25) is 0 Å². The van der Waals surface area contributed by atoms with Crippen LogP contribution in [0.3, 0.4) is 0 Å². The molecule has 1 amide bonds. The Hall–Kier alpha value is -1.70. The largest absolute Gasteiger partial charge is 0.401 e. The van der Waals surface area contributed by atoms with Crippen molar-refractivity contribution in [2.75, 3.05) is 52.4 Å². The number of alkyl halides is 15. The van der Waals surface area contributed by atoms with Gasteiger partial charge in [0.2, 0.25) is 5.91 Å². The maximum Gasteiger partial charge on any atom is 0.401 e. The second-order valence-electron chi connectivity index (χ2n) is 9.26. The number of nitrogens with one attached hydrogen (secondary N) is 3. The van der Waals surface area contributed by atoms with Crippen molar-refractivity contribution in [3.05, 3.63) is 0 Å². The number of piperidine rings is 1. The van der Waals surface area contributed by atoms with Crippen molar-refractivity contribution in [2.24, 2.45) is 5.92 Å². The molecule has 0 bridgehead atoms. The molecular weight excluding hydrogens is 597 g/mol. The van der Waals surface area contributed by atoms with Crippen LogP contribution in [0.15, 0.2) is 0 Å². The predicted octanol–water partition coefficient (Wildman–Crippen LogP) is 4.39. The molecule has 0 spiro atoms. The lowest BCUT2D eigenvalue weighted by Crippen LogP contribution is -2.62. The second kappa shape index (κ2) is 12.7. The van der Waals surface area contributed by atoms with Gasteiger partial charge in [0, 0.05) is 6.54 Å². The molecule has 0 saturated carbocycles. The summed E-state index contributed by atoms with van der Waals surface area (Å²) >= 11 is 0. The van der Waals surface area contributed by atoms with E-state index in [1.807, 2.05) is 5.32 Å². The lowest BCUT2D eigenvalue weighted by molar-refractivity contribution is -0.310. The number of carbonyl (C=O) groups is 1. The van der Waals surface area contributed by atoms with Crippen LogP contribution in [0.25, 0.3) is 0 Å². The third kappa shape index (κ3) is 8.65. The molecule has 1 fully saturated rings. The molecule has 1 heterocycles. The van der Waals surface area contributed by atoms with Crippen molar-refractivity contribution >= 4 is 5.91 Å². The fraction of sp³-hybridized carbons (Fsp3) is 0.950. The van der Waals surface area contributed by atoms with Gasteiger partial charge in [-0.25, -0.2) is 0 Å². The molecule has 1 saturated heterocycles. The van der Waals surface area contributed by atoms with Crippen molar-refractivity contribution in [1.82, 2.24) is 20.9 Å². The van der Waals surface area contributed by atoms with Gasteiger partial charge in [0.25, 0.3) is 0 Å². The number of likely N-dealkylation sites (tertiary alicyclic amines) is 1. The zero-order chi connectivity index (χ0) is 31.4. The zero-order valence-electron chi connectivity index (χ0n) is 20.7. The molecule has 0 aliphatic carbocycles. The number of nitrogens with zero attached hydrogens (tertiary/aromatic N) is 1. The lowest BCUT2D eigenvalue weighted by Gasteiger charge is -2.38. The fourth-order valence-corrected chi connectivity index (χ4v) is 3.65. The van der Waals surface area contributed by atoms with E-state index in [-0.39, 0.29) is 19.4 Å². The van der Waals surface area contributed by atoms with Gasteiger partial charge in [-0.05, 0) is 25.9 Å². The Labute approximate surface area is 218 Å². The molecule has 3 N–H and O–H groups in total. The first-order valence-electron chi connectivity index (χ1n) is 11.6. The van der Waals surface area contributed by atoms with Gasteiger partial charge in [-0.3, -0.25) is 9.69 Å². The predicted molar refractivity (Wildman–Crippen MR) is 109 cm³/mol. The van der Waals surface area contributed by atoms with Gasteiger partial charge in [-0.2, -0.15) is 65.9 Å². The summed E-state index contributed by atoms with van der Waals surface area (Å²) in [5.41, 5.74) is 0. The van der Waals surface area contributed by atoms with Crippen LogP contribution < -0.4 is 16.0 Å². The van der Waals surface area contributed by atoms with Crippen LogP contribution in [-0.2, 0) is 4.79 Å². The normalized spacial score (nSPS) is 19.1. The summed E-state index contributed by atoms with van der Waals surface area (Å²) in [6, 6.07) is 0. The van der Waals surface area contributed by atoms with Crippen LogP contribution in [0, 0.1) is 5.92 Å². The Morgan fingerprint density at radius 2 is 1.18 bits per heavy atom. The highest BCUT2D eigenvalue weighted by atomic mass is 19.4. The Kier molecular flexibility index (Phi) is 11.5. The van der Waals surface area contributed by atoms with Gasteiger partial charge in [0.1, 0.15) is 0 Å². The molecule has 20 heteroatoms. The van der Waals surface area contributed by atoms with E-state index in [1.54, 1.807) is 0 Å². The topological polar surface area (TPSA) is 56.4 Å². The van der Waals surface area contributed by atoms with Gasteiger partial charge in [0.05, 0.1) is 38.6 Å². The number of rotatable bonds is 15. The molecule has 0 radical (unpaired) electrons. The van der Waals surface area contributed by atoms with Gasteiger partial charge < -0.3 is 16.0 Å². The van der Waals surface area contributed by atoms with Crippen LogP contribution in [0.1, 0.15) is 19.8 Å². The summed E-state index contributed by atoms with van der Waals surface area (Å²) in [6.07, 6.45) is -5.62. The van der Waals surface area contributed by atoms with E-state index in [1.165, 1.54) is 12.2 Å². The Morgan fingerprint density at radius 1 is 0.700 bits per heavy atom. The van der Waals surface area contributed by atoms with Crippen molar-refractivity contribution in [2.45, 2.75) is 61.5 Å². The van der Waals surface area contributed by atoms with Gasteiger partial charge >= 0.3 is 41.7 Å². The van der Waals surface area contributed by atoms with Gasteiger partial charge in [0.15, 0.2) is 0 Å². The highest BCUT2D eigenvalue weighted by Gasteiger charge is 2.72. The molecule has 0 aromatic heterocycles. The first kappa shape index (κ1) is 36.3. The zero-order valence-corrected chi connectivity index (χ0v) is 20.7. The third-order valence-electron chi connectivity index (χ3n) is 5.89. The first-order chi connectivity index (χ1) is 17.8. The molecule has 1 atom stereocenters. The van der Waals surface area contributed by atoms with E-state index in [9.17, 15) is 70.7 Å². The average molecular weight is 624 g/mol. The highest BCUT2D eigenvalue weighted by Crippen LogP contribution is 2.47. The number of hydrogen-bond acceptors (Lipinski definition) is 4. The smallest absolute Gasteiger partial charge is 0.350 e. The van der Waals surface area contributed by atoms with E-state index in [2.05, 4.69) is 0 Å². The summed E-state index contributed by atoms with van der Waals surface area (Å²) in [5, 5.41) is 3.90. The van der Waals surface area contributed by atoms with Crippen molar-refractivity contribution in [3.63, 3.8) is 0 Å². The molecule has 0 aromatic carbocycles. The fourth-order valence-electron chi connectivity index (χ4n) is 3.65. The van der Waals surface area contributed by atoms with E-state index in [0.29, 0.717) is 4.90 Å². The highest BCUT2D eigenvalue weighted by molar-refractivity contribution is 5.79. The summed E-state index contributed by atoms with van der Waals surface area (Å²) in [7, 11) is 0. The van der Waals surface area contributed by atoms with Crippen molar-refractivity contribution < 1.29 is 70.7 Å². The summed E-state index contributed by atoms with van der Waals surface area (Å²) in [4.78, 5) is 12.6. The number of carbonyl (C=O) groups excluding carboxylic acids is 1. The van der Waals surface area contributed by atoms with E-state index in [4.69, 9.17) is 0 Å². The van der Waals surface area contributed by atoms with E-state index < -0.39 is 99.3 Å². The second-order valence-corrected chi connectivity index (χ2v) is 9.26. The minimum atomic E-state index is -6.27. The minimum absolute atomic E-state index is 0.219. The van der Waals surface area contributed by atoms with Crippen LogP contribution in [0.4, 0.5) is 65.9 Å². The minimum Gasteiger partial charge on any atom is -0.350 e. The number of amides is 1. The lowest BCUT2D eigenvalue weighted by atomic mass is 9.95. The number of halogens is 15. The maximum atomic E-state index is 14.2. The summed E-state index contributed by atoms with van der Waals surface area (Å²) < 4.78 is 203. The van der Waals surface area contributed by atoms with Crippen LogP contribution in [-0.4, -0.2) is 105 Å². The first-order valence-corrected chi connectivity index (χ1v) is 11.6. The molecule has 1 aliphatic heterocycles. The molecule has 238 valence electrons. The molecule has 5 nitrogen and oxygen atoms in total. The maximum absolute atomic E-state index is 14.2. The van der Waals surface area contributed by atoms with Crippen LogP contribution >= 0.6 is 0 Å². The summed E-state index contributed by atoms with van der Waals surface area (Å²) in [5.74, 6) is -37.2. The third-order valence-corrected chi connectivity index (χ3v) is 5.89. The Bertz CT molecular complexity index is 835. The quantitative estimate of drug-likeness (QED) is 0.237. The molecule has 1 unspecified atom stereocenters. The van der Waals surface area contributed by atoms with Gasteiger partial charge in [-0.15, -0.1) is 0 Å². The molecule has 1 aliphatic rings. The Balaban J connectivity index is 2.84. The molecular formula is C20H27F15N4O. The standard InChI is InChI=1S/C20H27F15N4O/c1-2-36-7-14(21,22)20(34,35)17(27,28)11-39-5-3-4-12(6-39)13(40)38-9-16(25,26)19(32,33)15(23,24)8-37-10-18(29,30)31/h12,36-37H,2-11H2,1H3,(H,38,40). The molecule has 0 aromatic rings. The van der Waals surface area contributed by atoms with Crippen molar-refractivity contribution in [1.29, 1.82) is 0 Å². The van der Waals surface area contributed by atoms with E-state index >= 15 is 0 Å². The monoisotopic (exact) mass is 624 g/mol.